The molecule has 2 atom stereocenters. The van der Waals surface area contributed by atoms with Crippen LogP contribution >= 0.6 is 0 Å². The molecule has 1 N–H and O–H groups in total. The molecule has 0 bridgehead atoms. The molecule has 1 aliphatic heterocycles. The Bertz CT molecular complexity index is 517. The van der Waals surface area contributed by atoms with Gasteiger partial charge in [-0.25, -0.2) is 4.39 Å². The lowest BCUT2D eigenvalue weighted by Crippen LogP contribution is -2.55. The van der Waals surface area contributed by atoms with Gasteiger partial charge in [-0.15, -0.1) is 0 Å². The summed E-state index contributed by atoms with van der Waals surface area (Å²) >= 11 is 0. The summed E-state index contributed by atoms with van der Waals surface area (Å²) in [5.74, 6) is -0.293. The van der Waals surface area contributed by atoms with Crippen molar-refractivity contribution >= 4 is 11.5 Å². The average molecular weight is 276 g/mol. The Kier molecular flexibility index (Phi) is 4.55. The maximum atomic E-state index is 13.2. The molecule has 0 saturated carbocycles. The lowest BCUT2D eigenvalue weighted by molar-refractivity contribution is -0.127. The van der Waals surface area contributed by atoms with Crippen molar-refractivity contribution in [3.63, 3.8) is 0 Å². The Morgan fingerprint density at radius 3 is 2.60 bits per heavy atom. The molecule has 1 aliphatic rings. The molecule has 2 rings (SSSR count). The van der Waals surface area contributed by atoms with Gasteiger partial charge in [-0.2, -0.15) is 0 Å². The fourth-order valence-electron chi connectivity index (χ4n) is 2.60. The second-order valence-corrected chi connectivity index (χ2v) is 5.55. The van der Waals surface area contributed by atoms with Gasteiger partial charge in [0.15, 0.2) is 0 Å². The van der Waals surface area contributed by atoms with Crippen molar-refractivity contribution in [2.24, 2.45) is 0 Å². The smallest absolute Gasteiger partial charge is 0.246 e. The highest BCUT2D eigenvalue weighted by molar-refractivity contribution is 5.95. The summed E-state index contributed by atoms with van der Waals surface area (Å²) in [6, 6.07) is 6.91. The molecule has 0 aliphatic carbocycles. The Labute approximate surface area is 119 Å². The number of hydrogen-bond donors (Lipinski definition) is 1. The van der Waals surface area contributed by atoms with Gasteiger partial charge in [0.25, 0.3) is 0 Å². The van der Waals surface area contributed by atoms with Crippen LogP contribution in [0.25, 0.3) is 5.57 Å². The Morgan fingerprint density at radius 2 is 2.00 bits per heavy atom. The summed E-state index contributed by atoms with van der Waals surface area (Å²) in [6.45, 7) is 7.38. The highest BCUT2D eigenvalue weighted by atomic mass is 19.1. The summed E-state index contributed by atoms with van der Waals surface area (Å²) in [6.07, 6.45) is 1.60. The second-order valence-electron chi connectivity index (χ2n) is 5.55. The molecule has 1 heterocycles. The van der Waals surface area contributed by atoms with E-state index in [1.165, 1.54) is 12.1 Å². The number of halogens is 1. The number of hydrogen-bond acceptors (Lipinski definition) is 2. The standard InChI is InChI=1S/C16H21FN2O/c1-11(14-5-4-6-15(17)8-14)7-16(20)19-9-12(2)18-13(3)10-19/h4-8,12-13,18H,9-10H2,1-3H3. The van der Waals surface area contributed by atoms with Crippen LogP contribution in [0.3, 0.4) is 0 Å². The van der Waals surface area contributed by atoms with Crippen molar-refractivity contribution in [1.82, 2.24) is 10.2 Å². The fourth-order valence-corrected chi connectivity index (χ4v) is 2.60. The first kappa shape index (κ1) is 14.7. The van der Waals surface area contributed by atoms with E-state index in [1.54, 1.807) is 12.1 Å². The van der Waals surface area contributed by atoms with Gasteiger partial charge in [0.05, 0.1) is 0 Å². The zero-order chi connectivity index (χ0) is 14.7. The van der Waals surface area contributed by atoms with Gasteiger partial charge in [0.1, 0.15) is 5.82 Å². The molecular weight excluding hydrogens is 255 g/mol. The summed E-state index contributed by atoms with van der Waals surface area (Å²) in [4.78, 5) is 14.1. The van der Waals surface area contributed by atoms with Gasteiger partial charge in [0.2, 0.25) is 5.91 Å². The molecule has 1 amide bonds. The molecule has 108 valence electrons. The minimum Gasteiger partial charge on any atom is -0.336 e. The molecule has 0 spiro atoms. The zero-order valence-corrected chi connectivity index (χ0v) is 12.2. The Balaban J connectivity index is 2.11. The number of amides is 1. The Hall–Kier alpha value is -1.68. The van der Waals surface area contributed by atoms with Crippen molar-refractivity contribution in [3.05, 3.63) is 41.7 Å². The molecule has 4 heteroatoms. The average Bonchev–Trinajstić information content (AvgIpc) is 2.37. The molecular formula is C16H21FN2O. The first-order valence-corrected chi connectivity index (χ1v) is 6.95. The molecule has 0 aromatic heterocycles. The number of benzene rings is 1. The van der Waals surface area contributed by atoms with Crippen LogP contribution in [0, 0.1) is 5.82 Å². The van der Waals surface area contributed by atoms with Crippen LogP contribution in [0.2, 0.25) is 0 Å². The lowest BCUT2D eigenvalue weighted by atomic mass is 10.1. The number of rotatable bonds is 2. The third-order valence-electron chi connectivity index (χ3n) is 3.49. The van der Waals surface area contributed by atoms with Crippen LogP contribution in [0.4, 0.5) is 4.39 Å². The van der Waals surface area contributed by atoms with Crippen LogP contribution < -0.4 is 5.32 Å². The van der Waals surface area contributed by atoms with Crippen LogP contribution in [-0.4, -0.2) is 36.0 Å². The molecule has 1 fully saturated rings. The summed E-state index contributed by atoms with van der Waals surface area (Å²) in [7, 11) is 0. The zero-order valence-electron chi connectivity index (χ0n) is 12.2. The lowest BCUT2D eigenvalue weighted by Gasteiger charge is -2.35. The molecule has 0 radical (unpaired) electrons. The minimum absolute atomic E-state index is 0.00744. The molecule has 1 aromatic rings. The second kappa shape index (κ2) is 6.18. The van der Waals surface area contributed by atoms with Crippen molar-refractivity contribution < 1.29 is 9.18 Å². The maximum Gasteiger partial charge on any atom is 0.246 e. The third-order valence-corrected chi connectivity index (χ3v) is 3.49. The molecule has 1 saturated heterocycles. The van der Waals surface area contributed by atoms with Crippen molar-refractivity contribution in [1.29, 1.82) is 0 Å². The minimum atomic E-state index is -0.285. The highest BCUT2D eigenvalue weighted by Crippen LogP contribution is 2.16. The highest BCUT2D eigenvalue weighted by Gasteiger charge is 2.23. The van der Waals surface area contributed by atoms with Crippen LogP contribution in [0.5, 0.6) is 0 Å². The summed E-state index contributed by atoms with van der Waals surface area (Å²) < 4.78 is 13.2. The molecule has 2 unspecified atom stereocenters. The normalized spacial score (nSPS) is 23.8. The van der Waals surface area contributed by atoms with Gasteiger partial charge in [-0.1, -0.05) is 12.1 Å². The van der Waals surface area contributed by atoms with E-state index >= 15 is 0 Å². The van der Waals surface area contributed by atoms with Gasteiger partial charge < -0.3 is 10.2 Å². The molecule has 3 nitrogen and oxygen atoms in total. The maximum absolute atomic E-state index is 13.2. The molecule has 1 aromatic carbocycles. The van der Waals surface area contributed by atoms with Gasteiger partial charge in [0, 0.05) is 31.2 Å². The topological polar surface area (TPSA) is 32.3 Å². The van der Waals surface area contributed by atoms with E-state index < -0.39 is 0 Å². The van der Waals surface area contributed by atoms with E-state index in [0.29, 0.717) is 25.2 Å². The van der Waals surface area contributed by atoms with E-state index in [2.05, 4.69) is 19.2 Å². The van der Waals surface area contributed by atoms with Crippen molar-refractivity contribution in [3.8, 4) is 0 Å². The van der Waals surface area contributed by atoms with E-state index in [4.69, 9.17) is 0 Å². The monoisotopic (exact) mass is 276 g/mol. The molecule has 20 heavy (non-hydrogen) atoms. The van der Waals surface area contributed by atoms with Crippen LogP contribution in [0.15, 0.2) is 30.3 Å². The van der Waals surface area contributed by atoms with E-state index in [9.17, 15) is 9.18 Å². The Morgan fingerprint density at radius 1 is 1.35 bits per heavy atom. The van der Waals surface area contributed by atoms with Crippen LogP contribution in [0.1, 0.15) is 26.3 Å². The predicted octanol–water partition coefficient (Wildman–Crippen LogP) is 2.44. The first-order valence-electron chi connectivity index (χ1n) is 6.95. The van der Waals surface area contributed by atoms with Gasteiger partial charge >= 0.3 is 0 Å². The number of nitrogens with one attached hydrogen (secondary N) is 1. The fraction of sp³-hybridized carbons (Fsp3) is 0.438. The van der Waals surface area contributed by atoms with Crippen LogP contribution in [-0.2, 0) is 4.79 Å². The largest absolute Gasteiger partial charge is 0.336 e. The van der Waals surface area contributed by atoms with Gasteiger partial charge in [-0.3, -0.25) is 4.79 Å². The van der Waals surface area contributed by atoms with E-state index in [-0.39, 0.29) is 11.7 Å². The number of nitrogens with zero attached hydrogens (tertiary/aromatic N) is 1. The number of piperazine rings is 1. The third kappa shape index (κ3) is 3.67. The van der Waals surface area contributed by atoms with Gasteiger partial charge in [-0.05, 0) is 44.0 Å². The predicted molar refractivity (Wildman–Crippen MR) is 78.7 cm³/mol. The number of carbonyl (C=O) groups excluding carboxylic acids is 1. The summed E-state index contributed by atoms with van der Waals surface area (Å²) in [5.41, 5.74) is 1.53. The van der Waals surface area contributed by atoms with Crippen molar-refractivity contribution in [2.75, 3.05) is 13.1 Å². The first-order chi connectivity index (χ1) is 9.45. The van der Waals surface area contributed by atoms with E-state index in [1.807, 2.05) is 17.9 Å². The van der Waals surface area contributed by atoms with E-state index in [0.717, 1.165) is 11.1 Å². The SMILES string of the molecule is CC(=CC(=O)N1CC(C)NC(C)C1)c1cccc(F)c1. The number of allylic oxidation sites excluding steroid dienone is 1. The summed E-state index contributed by atoms with van der Waals surface area (Å²) in [5, 5.41) is 3.39. The van der Waals surface area contributed by atoms with Crippen molar-refractivity contribution in [2.45, 2.75) is 32.9 Å². The number of carbonyl (C=O) groups is 1. The quantitative estimate of drug-likeness (QED) is 0.841.